The largest absolute Gasteiger partial charge is 0.489 e. The molecule has 3 saturated carbocycles. The van der Waals surface area contributed by atoms with E-state index >= 15 is 0 Å². The van der Waals surface area contributed by atoms with Crippen molar-refractivity contribution < 1.29 is 9.53 Å². The average molecular weight is 411 g/mol. The molecule has 2 N–H and O–H groups in total. The number of hydrogen-bond acceptors (Lipinski definition) is 3. The molecule has 164 valence electrons. The first-order valence-electron chi connectivity index (χ1n) is 12.0. The molecule has 8 atom stereocenters. The third kappa shape index (κ3) is 2.81. The van der Waals surface area contributed by atoms with E-state index in [1.165, 1.54) is 32.1 Å². The van der Waals surface area contributed by atoms with Crippen molar-refractivity contribution in [3.63, 3.8) is 0 Å². The lowest BCUT2D eigenvalue weighted by Crippen LogP contribution is -2.68. The van der Waals surface area contributed by atoms with E-state index < -0.39 is 0 Å². The summed E-state index contributed by atoms with van der Waals surface area (Å²) in [7, 11) is 2.03. The van der Waals surface area contributed by atoms with Gasteiger partial charge in [-0.25, -0.2) is 0 Å². The van der Waals surface area contributed by atoms with E-state index in [1.807, 2.05) is 31.3 Å². The number of nitrogens with zero attached hydrogens (tertiary/aromatic N) is 1. The summed E-state index contributed by atoms with van der Waals surface area (Å²) >= 11 is 0. The predicted molar refractivity (Wildman–Crippen MR) is 120 cm³/mol. The van der Waals surface area contributed by atoms with Crippen LogP contribution in [0.1, 0.15) is 65.7 Å². The van der Waals surface area contributed by atoms with E-state index in [0.29, 0.717) is 23.7 Å². The molecule has 4 nitrogen and oxygen atoms in total. The monoisotopic (exact) mass is 410 g/mol. The van der Waals surface area contributed by atoms with Crippen molar-refractivity contribution in [3.8, 4) is 5.75 Å². The van der Waals surface area contributed by atoms with Gasteiger partial charge >= 0.3 is 0 Å². The van der Waals surface area contributed by atoms with Crippen LogP contribution in [0.5, 0.6) is 5.75 Å². The zero-order valence-electron chi connectivity index (χ0n) is 19.1. The molecule has 0 spiro atoms. The zero-order chi connectivity index (χ0) is 21.3. The minimum Gasteiger partial charge on any atom is -0.489 e. The lowest BCUT2D eigenvalue weighted by Gasteiger charge is -2.64. The van der Waals surface area contributed by atoms with E-state index in [-0.39, 0.29) is 23.5 Å². The fourth-order valence-corrected chi connectivity index (χ4v) is 8.32. The molecule has 4 fully saturated rings. The Morgan fingerprint density at radius 1 is 1.10 bits per heavy atom. The van der Waals surface area contributed by atoms with Crippen LogP contribution in [0, 0.1) is 34.5 Å². The van der Waals surface area contributed by atoms with Gasteiger partial charge in [-0.3, -0.25) is 4.79 Å². The van der Waals surface area contributed by atoms with Crippen LogP contribution in [0.25, 0.3) is 0 Å². The van der Waals surface area contributed by atoms with Crippen LogP contribution < -0.4 is 10.5 Å². The van der Waals surface area contributed by atoms with Crippen LogP contribution in [0.4, 0.5) is 5.69 Å². The summed E-state index contributed by atoms with van der Waals surface area (Å²) in [5.41, 5.74) is 7.14. The maximum Gasteiger partial charge on any atom is 0.226 e. The molecular formula is C26H38N2O2. The second-order valence-electron chi connectivity index (χ2n) is 11.4. The summed E-state index contributed by atoms with van der Waals surface area (Å²) in [6.07, 6.45) is 8.31. The average Bonchev–Trinajstić information content (AvgIpc) is 3.11. The number of hydrogen-bond donors (Lipinski definition) is 1. The van der Waals surface area contributed by atoms with Gasteiger partial charge in [0.15, 0.2) is 0 Å². The first-order chi connectivity index (χ1) is 14.2. The van der Waals surface area contributed by atoms with Crippen LogP contribution in [-0.2, 0) is 4.79 Å². The molecule has 0 bridgehead atoms. The molecule has 1 aromatic rings. The Labute approximate surface area is 181 Å². The molecule has 1 aliphatic heterocycles. The topological polar surface area (TPSA) is 55.6 Å². The maximum absolute atomic E-state index is 13.0. The number of nitrogens with two attached hydrogens (primary N) is 1. The molecule has 0 radical (unpaired) electrons. The predicted octanol–water partition coefficient (Wildman–Crippen LogP) is 5.13. The normalized spacial score (nSPS) is 45.5. The van der Waals surface area contributed by atoms with E-state index in [4.69, 9.17) is 10.5 Å². The standard InChI is InChI=1S/C26H38N2O2/c1-16-14-21-26(3,20-11-13-25(2)12-5-6-19(25)24(16)20)22(15-23(29)28(21)4)30-18-9-7-17(27)8-10-18/h7-10,16,19-22,24H,5-6,11-15,27H2,1-4H3/t16?,19-,20+,21?,22?,24-,25-,26+/m0/s1. The Morgan fingerprint density at radius 2 is 1.83 bits per heavy atom. The van der Waals surface area contributed by atoms with Crippen LogP contribution in [0.3, 0.4) is 0 Å². The zero-order valence-corrected chi connectivity index (χ0v) is 19.1. The molecule has 30 heavy (non-hydrogen) atoms. The third-order valence-corrected chi connectivity index (χ3v) is 9.96. The van der Waals surface area contributed by atoms with Crippen molar-refractivity contribution in [1.82, 2.24) is 4.90 Å². The quantitative estimate of drug-likeness (QED) is 0.688. The van der Waals surface area contributed by atoms with Crippen molar-refractivity contribution in [3.05, 3.63) is 24.3 Å². The van der Waals surface area contributed by atoms with Crippen molar-refractivity contribution in [2.24, 2.45) is 34.5 Å². The second-order valence-corrected chi connectivity index (χ2v) is 11.4. The Bertz CT molecular complexity index is 823. The van der Waals surface area contributed by atoms with Gasteiger partial charge in [0.2, 0.25) is 5.91 Å². The molecule has 1 amide bonds. The highest BCUT2D eigenvalue weighted by Gasteiger charge is 2.64. The summed E-state index contributed by atoms with van der Waals surface area (Å²) in [4.78, 5) is 15.0. The molecule has 0 aromatic heterocycles. The third-order valence-electron chi connectivity index (χ3n) is 9.96. The highest BCUT2D eigenvalue weighted by molar-refractivity contribution is 5.78. The number of amides is 1. The molecule has 1 saturated heterocycles. The highest BCUT2D eigenvalue weighted by atomic mass is 16.5. The summed E-state index contributed by atoms with van der Waals surface area (Å²) in [5, 5.41) is 0. The van der Waals surface area contributed by atoms with Crippen LogP contribution in [0.15, 0.2) is 24.3 Å². The van der Waals surface area contributed by atoms with E-state index in [1.54, 1.807) is 0 Å². The number of ether oxygens (including phenoxy) is 1. The number of piperidine rings is 1. The van der Waals surface area contributed by atoms with Gasteiger partial charge < -0.3 is 15.4 Å². The molecule has 4 heteroatoms. The number of carbonyl (C=O) groups excluding carboxylic acids is 1. The molecule has 1 heterocycles. The molecule has 4 aliphatic rings. The fraction of sp³-hybridized carbons (Fsp3) is 0.731. The first-order valence-corrected chi connectivity index (χ1v) is 12.0. The number of rotatable bonds is 2. The summed E-state index contributed by atoms with van der Waals surface area (Å²) in [6, 6.07) is 7.95. The van der Waals surface area contributed by atoms with Crippen molar-refractivity contribution in [2.75, 3.05) is 12.8 Å². The summed E-state index contributed by atoms with van der Waals surface area (Å²) in [5.74, 6) is 3.95. The van der Waals surface area contributed by atoms with Crippen molar-refractivity contribution in [1.29, 1.82) is 0 Å². The SMILES string of the molecule is CC1CC2N(C)C(=O)CC(Oc3ccc(N)cc3)[C@]2(C)[C@@H]2CC[C@]3(C)CCC[C@H]3[C@H]12. The summed E-state index contributed by atoms with van der Waals surface area (Å²) < 4.78 is 6.62. The van der Waals surface area contributed by atoms with Crippen LogP contribution in [0.2, 0.25) is 0 Å². The second kappa shape index (κ2) is 6.90. The molecule has 3 unspecified atom stereocenters. The maximum atomic E-state index is 13.0. The number of benzene rings is 1. The Balaban J connectivity index is 1.53. The molecule has 5 rings (SSSR count). The summed E-state index contributed by atoms with van der Waals surface area (Å²) in [6.45, 7) is 7.47. The molecular weight excluding hydrogens is 372 g/mol. The van der Waals surface area contributed by atoms with E-state index in [9.17, 15) is 4.79 Å². The lowest BCUT2D eigenvalue weighted by molar-refractivity contribution is -0.189. The van der Waals surface area contributed by atoms with Gasteiger partial charge in [0.25, 0.3) is 0 Å². The highest BCUT2D eigenvalue weighted by Crippen LogP contribution is 2.66. The number of carbonyl (C=O) groups is 1. The molecule has 1 aromatic carbocycles. The van der Waals surface area contributed by atoms with Crippen LogP contribution in [-0.4, -0.2) is 30.0 Å². The van der Waals surface area contributed by atoms with Crippen molar-refractivity contribution >= 4 is 11.6 Å². The van der Waals surface area contributed by atoms with Gasteiger partial charge in [-0.15, -0.1) is 0 Å². The van der Waals surface area contributed by atoms with Gasteiger partial charge in [-0.2, -0.15) is 0 Å². The van der Waals surface area contributed by atoms with Gasteiger partial charge in [0.05, 0.1) is 6.42 Å². The van der Waals surface area contributed by atoms with Gasteiger partial charge in [-0.05, 0) is 85.5 Å². The Hall–Kier alpha value is -1.71. The van der Waals surface area contributed by atoms with Crippen LogP contribution >= 0.6 is 0 Å². The fourth-order valence-electron chi connectivity index (χ4n) is 8.32. The minimum atomic E-state index is -0.0689. The smallest absolute Gasteiger partial charge is 0.226 e. The number of fused-ring (bicyclic) bond motifs is 5. The van der Waals surface area contributed by atoms with E-state index in [2.05, 4.69) is 25.7 Å². The minimum absolute atomic E-state index is 0.00879. The van der Waals surface area contributed by atoms with Gasteiger partial charge in [-0.1, -0.05) is 27.2 Å². The van der Waals surface area contributed by atoms with Gasteiger partial charge in [0.1, 0.15) is 11.9 Å². The number of anilines is 1. The number of likely N-dealkylation sites (tertiary alicyclic amines) is 1. The Morgan fingerprint density at radius 3 is 2.57 bits per heavy atom. The van der Waals surface area contributed by atoms with Crippen molar-refractivity contribution in [2.45, 2.75) is 77.9 Å². The Kier molecular flexibility index (Phi) is 4.65. The first kappa shape index (κ1) is 20.2. The molecule has 3 aliphatic carbocycles. The van der Waals surface area contributed by atoms with E-state index in [0.717, 1.165) is 29.7 Å². The number of nitrogen functional groups attached to an aromatic ring is 1. The van der Waals surface area contributed by atoms with Gasteiger partial charge in [0, 0.05) is 24.2 Å². The lowest BCUT2D eigenvalue weighted by atomic mass is 9.44.